The lowest BCUT2D eigenvalue weighted by Crippen LogP contribution is -2.20. The quantitative estimate of drug-likeness (QED) is 0.842. The molecule has 1 aromatic carbocycles. The van der Waals surface area contributed by atoms with Crippen molar-refractivity contribution in [3.63, 3.8) is 0 Å². The van der Waals surface area contributed by atoms with Gasteiger partial charge in [-0.3, -0.25) is 0 Å². The largest absolute Gasteiger partial charge is 0.379 e. The Hall–Kier alpha value is -1.20. The van der Waals surface area contributed by atoms with E-state index in [0.717, 1.165) is 30.3 Å². The summed E-state index contributed by atoms with van der Waals surface area (Å²) in [7, 11) is 1.72. The van der Waals surface area contributed by atoms with Gasteiger partial charge in [0.1, 0.15) is 5.82 Å². The number of rotatable bonds is 2. The van der Waals surface area contributed by atoms with E-state index in [1.807, 2.05) is 4.57 Å². The van der Waals surface area contributed by atoms with E-state index in [4.69, 9.17) is 17.0 Å². The minimum absolute atomic E-state index is 0.166. The minimum Gasteiger partial charge on any atom is -0.379 e. The molecule has 1 saturated carbocycles. The van der Waals surface area contributed by atoms with E-state index in [2.05, 4.69) is 4.98 Å². The summed E-state index contributed by atoms with van der Waals surface area (Å²) in [6, 6.07) is 4.92. The van der Waals surface area contributed by atoms with Crippen LogP contribution in [0, 0.1) is 10.6 Å². The molecule has 3 nitrogen and oxygen atoms in total. The van der Waals surface area contributed by atoms with Gasteiger partial charge in [0.25, 0.3) is 0 Å². The third kappa shape index (κ3) is 1.78. The molecule has 3 rings (SSSR count). The fourth-order valence-corrected chi connectivity index (χ4v) is 3.24. The second kappa shape index (κ2) is 4.48. The first-order valence-electron chi connectivity index (χ1n) is 6.13. The van der Waals surface area contributed by atoms with Crippen LogP contribution in [0.25, 0.3) is 11.0 Å². The third-order valence-corrected chi connectivity index (χ3v) is 4.03. The van der Waals surface area contributed by atoms with Gasteiger partial charge in [0.05, 0.1) is 23.2 Å². The van der Waals surface area contributed by atoms with E-state index in [9.17, 15) is 4.39 Å². The van der Waals surface area contributed by atoms with Crippen LogP contribution in [0.5, 0.6) is 0 Å². The lowest BCUT2D eigenvalue weighted by atomic mass is 10.2. The second-order valence-electron chi connectivity index (χ2n) is 4.73. The van der Waals surface area contributed by atoms with Crippen molar-refractivity contribution >= 4 is 23.3 Å². The molecule has 2 aromatic rings. The molecule has 5 heteroatoms. The number of ether oxygens (including phenoxy) is 1. The molecule has 0 aliphatic heterocycles. The highest BCUT2D eigenvalue weighted by Gasteiger charge is 2.30. The van der Waals surface area contributed by atoms with Crippen molar-refractivity contribution in [3.8, 4) is 0 Å². The first kappa shape index (κ1) is 11.9. The molecule has 2 unspecified atom stereocenters. The van der Waals surface area contributed by atoms with Crippen LogP contribution in [0.15, 0.2) is 18.2 Å². The molecule has 0 radical (unpaired) electrons. The number of hydrogen-bond acceptors (Lipinski definition) is 2. The maximum absolute atomic E-state index is 13.4. The average molecular weight is 266 g/mol. The van der Waals surface area contributed by atoms with E-state index in [-0.39, 0.29) is 18.0 Å². The maximum Gasteiger partial charge on any atom is 0.178 e. The number of aromatic amines is 1. The predicted octanol–water partition coefficient (Wildman–Crippen LogP) is 3.58. The van der Waals surface area contributed by atoms with E-state index in [1.54, 1.807) is 13.2 Å². The van der Waals surface area contributed by atoms with Crippen LogP contribution in [0.4, 0.5) is 4.39 Å². The average Bonchev–Trinajstić information content (AvgIpc) is 2.91. The number of nitrogens with zero attached hydrogens (tertiary/aromatic N) is 1. The number of benzene rings is 1. The third-order valence-electron chi connectivity index (χ3n) is 3.73. The first-order valence-corrected chi connectivity index (χ1v) is 6.54. The number of methoxy groups -OCH3 is 1. The number of aromatic nitrogens is 2. The van der Waals surface area contributed by atoms with Crippen LogP contribution >= 0.6 is 12.2 Å². The summed E-state index contributed by atoms with van der Waals surface area (Å²) >= 11 is 5.36. The fraction of sp³-hybridized carbons (Fsp3) is 0.462. The Labute approximate surface area is 110 Å². The van der Waals surface area contributed by atoms with E-state index in [1.165, 1.54) is 12.1 Å². The zero-order chi connectivity index (χ0) is 12.7. The zero-order valence-corrected chi connectivity index (χ0v) is 11.0. The number of fused-ring (bicyclic) bond motifs is 1. The van der Waals surface area contributed by atoms with Crippen LogP contribution in [-0.2, 0) is 4.74 Å². The monoisotopic (exact) mass is 266 g/mol. The molecular formula is C13H15FN2OS. The number of nitrogens with one attached hydrogen (secondary N) is 1. The summed E-state index contributed by atoms with van der Waals surface area (Å²) in [4.78, 5) is 3.13. The van der Waals surface area contributed by atoms with Crippen LogP contribution in [0.1, 0.15) is 25.3 Å². The van der Waals surface area contributed by atoms with Gasteiger partial charge in [-0.25, -0.2) is 4.39 Å². The first-order chi connectivity index (χ1) is 8.70. The van der Waals surface area contributed by atoms with Gasteiger partial charge >= 0.3 is 0 Å². The van der Waals surface area contributed by atoms with Crippen LogP contribution < -0.4 is 0 Å². The molecule has 2 atom stereocenters. The van der Waals surface area contributed by atoms with Gasteiger partial charge in [-0.1, -0.05) is 0 Å². The molecule has 1 aliphatic carbocycles. The molecule has 0 amide bonds. The molecule has 0 spiro atoms. The maximum atomic E-state index is 13.4. The zero-order valence-electron chi connectivity index (χ0n) is 10.1. The molecule has 1 aromatic heterocycles. The molecular weight excluding hydrogens is 251 g/mol. The van der Waals surface area contributed by atoms with Crippen molar-refractivity contribution in [2.24, 2.45) is 0 Å². The van der Waals surface area contributed by atoms with Gasteiger partial charge in [0, 0.05) is 7.11 Å². The van der Waals surface area contributed by atoms with Crippen LogP contribution in [0.3, 0.4) is 0 Å². The lowest BCUT2D eigenvalue weighted by molar-refractivity contribution is 0.0757. The second-order valence-corrected chi connectivity index (χ2v) is 5.12. The summed E-state index contributed by atoms with van der Waals surface area (Å²) in [5.74, 6) is -0.239. The lowest BCUT2D eigenvalue weighted by Gasteiger charge is -2.20. The molecule has 1 heterocycles. The van der Waals surface area contributed by atoms with Crippen LogP contribution in [-0.4, -0.2) is 22.8 Å². The number of imidazole rings is 1. The van der Waals surface area contributed by atoms with Gasteiger partial charge in [-0.05, 0) is 49.7 Å². The molecule has 0 bridgehead atoms. The van der Waals surface area contributed by atoms with Crippen molar-refractivity contribution in [1.29, 1.82) is 0 Å². The summed E-state index contributed by atoms with van der Waals surface area (Å²) in [5.41, 5.74) is 1.71. The van der Waals surface area contributed by atoms with Gasteiger partial charge in [-0.2, -0.15) is 0 Å². The smallest absolute Gasteiger partial charge is 0.178 e. The standard InChI is InChI=1S/C13H15FN2OS/c1-17-12-4-2-3-10(12)16-11-7-8(14)5-6-9(11)15-13(16)18/h5-7,10,12H,2-4H2,1H3,(H,15,18). The Morgan fingerprint density at radius 3 is 3.06 bits per heavy atom. The van der Waals surface area contributed by atoms with Crippen molar-refractivity contribution < 1.29 is 9.13 Å². The van der Waals surface area contributed by atoms with Crippen molar-refractivity contribution in [3.05, 3.63) is 28.8 Å². The van der Waals surface area contributed by atoms with Crippen molar-refractivity contribution in [2.45, 2.75) is 31.4 Å². The summed E-state index contributed by atoms with van der Waals surface area (Å²) < 4.78 is 21.6. The summed E-state index contributed by atoms with van der Waals surface area (Å²) in [6.45, 7) is 0. The molecule has 18 heavy (non-hydrogen) atoms. The van der Waals surface area contributed by atoms with Gasteiger partial charge in [-0.15, -0.1) is 0 Å². The highest BCUT2D eigenvalue weighted by molar-refractivity contribution is 7.71. The Morgan fingerprint density at radius 2 is 2.28 bits per heavy atom. The Morgan fingerprint density at radius 1 is 1.44 bits per heavy atom. The van der Waals surface area contributed by atoms with Crippen LogP contribution in [0.2, 0.25) is 0 Å². The minimum atomic E-state index is -0.239. The Balaban J connectivity index is 2.18. The molecule has 96 valence electrons. The molecule has 1 N–H and O–H groups in total. The normalized spacial score (nSPS) is 23.9. The highest BCUT2D eigenvalue weighted by atomic mass is 32.1. The highest BCUT2D eigenvalue weighted by Crippen LogP contribution is 2.34. The summed E-state index contributed by atoms with van der Waals surface area (Å²) in [6.07, 6.45) is 3.34. The summed E-state index contributed by atoms with van der Waals surface area (Å²) in [5, 5.41) is 0. The fourth-order valence-electron chi connectivity index (χ4n) is 2.90. The number of hydrogen-bond donors (Lipinski definition) is 1. The van der Waals surface area contributed by atoms with E-state index >= 15 is 0 Å². The van der Waals surface area contributed by atoms with Crippen molar-refractivity contribution in [1.82, 2.24) is 9.55 Å². The van der Waals surface area contributed by atoms with Gasteiger partial charge in [0.2, 0.25) is 0 Å². The van der Waals surface area contributed by atoms with E-state index in [0.29, 0.717) is 4.77 Å². The molecule has 1 aliphatic rings. The Bertz CT molecular complexity index is 633. The topological polar surface area (TPSA) is 29.9 Å². The van der Waals surface area contributed by atoms with Gasteiger partial charge in [0.15, 0.2) is 4.77 Å². The molecule has 1 fully saturated rings. The van der Waals surface area contributed by atoms with Crippen molar-refractivity contribution in [2.75, 3.05) is 7.11 Å². The van der Waals surface area contributed by atoms with E-state index < -0.39 is 0 Å². The predicted molar refractivity (Wildman–Crippen MR) is 70.8 cm³/mol. The SMILES string of the molecule is COC1CCCC1n1c(=S)[nH]c2ccc(F)cc21. The number of H-pyrrole nitrogens is 1. The number of halogens is 1. The Kier molecular flexibility index (Phi) is 2.95. The van der Waals surface area contributed by atoms with Gasteiger partial charge < -0.3 is 14.3 Å². The molecule has 0 saturated heterocycles.